The Balaban J connectivity index is 2.59. The van der Waals surface area contributed by atoms with E-state index < -0.39 is 67.4 Å². The van der Waals surface area contributed by atoms with Crippen LogP contribution in [0.2, 0.25) is 0 Å². The molecule has 0 radical (unpaired) electrons. The third kappa shape index (κ3) is 47.0. The summed E-state index contributed by atoms with van der Waals surface area (Å²) in [5.41, 5.74) is 0. The van der Waals surface area contributed by atoms with Crippen molar-refractivity contribution in [2.24, 2.45) is 0 Å². The van der Waals surface area contributed by atoms with Gasteiger partial charge in [0.1, 0.15) is 24.4 Å². The van der Waals surface area contributed by atoms with Gasteiger partial charge >= 0.3 is 5.97 Å². The van der Waals surface area contributed by atoms with Crippen LogP contribution in [-0.4, -0.2) is 99.6 Å². The number of allylic oxidation sites excluding steroid dienone is 13. The Hall–Kier alpha value is -3.16. The van der Waals surface area contributed by atoms with Crippen molar-refractivity contribution in [1.82, 2.24) is 5.32 Å². The summed E-state index contributed by atoms with van der Waals surface area (Å²) < 4.78 is 17.7. The van der Waals surface area contributed by atoms with Crippen molar-refractivity contribution in [3.05, 3.63) is 85.1 Å². The molecule has 0 spiro atoms. The highest BCUT2D eigenvalue weighted by atomic mass is 16.7. The maximum atomic E-state index is 13.5. The first-order chi connectivity index (χ1) is 41.2. The molecular formula is C73H129NO10. The van der Waals surface area contributed by atoms with Gasteiger partial charge in [-0.1, -0.05) is 286 Å². The van der Waals surface area contributed by atoms with Crippen LogP contribution in [0, 0.1) is 0 Å². The number of unbranched alkanes of at least 4 members (excludes halogenated alkanes) is 33. The minimum atomic E-state index is -1.62. The van der Waals surface area contributed by atoms with Crippen LogP contribution >= 0.6 is 0 Å². The van der Waals surface area contributed by atoms with Crippen molar-refractivity contribution in [2.75, 3.05) is 13.2 Å². The van der Waals surface area contributed by atoms with E-state index in [0.29, 0.717) is 12.8 Å². The first-order valence-corrected chi connectivity index (χ1v) is 34.9. The zero-order valence-corrected chi connectivity index (χ0v) is 54.0. The predicted molar refractivity (Wildman–Crippen MR) is 352 cm³/mol. The minimum absolute atomic E-state index is 0.113. The fourth-order valence-electron chi connectivity index (χ4n) is 10.6. The van der Waals surface area contributed by atoms with Crippen molar-refractivity contribution in [3.8, 4) is 0 Å². The molecule has 8 unspecified atom stereocenters. The van der Waals surface area contributed by atoms with Crippen LogP contribution in [-0.2, 0) is 23.8 Å². The molecule has 486 valence electrons. The van der Waals surface area contributed by atoms with Crippen molar-refractivity contribution >= 4 is 11.9 Å². The molecule has 0 saturated carbocycles. The average molecular weight is 1180 g/mol. The standard InChI is InChI=1S/C73H129NO10/c1-4-7-10-13-16-19-22-25-27-29-31-32-33-34-35-36-37-39-41-43-46-49-52-55-58-61-68(78)84-71-70(80)69(79)67(62-75)83-73(71)82-63-64(65(76)59-56-53-50-47-44-24-21-18-15-12-9-6-3)74-72(81)66(77)60-57-54-51-48-45-42-40-38-30-28-26-23-20-17-14-11-8-5-2/h7,10,16,19,25-28,31-32,34-35,56,59,64-67,69-71,73,75-77,79-80H,4-6,8-9,11-15,17-18,20-24,29-30,33,36-55,57-58,60-63H2,1-3H3,(H,74,81)/b10-7-,19-16-,27-25-,28-26+,32-31-,35-34-,59-56+. The summed E-state index contributed by atoms with van der Waals surface area (Å²) in [6, 6.07) is -1.03. The van der Waals surface area contributed by atoms with E-state index in [2.05, 4.69) is 99.0 Å². The Kier molecular flexibility index (Phi) is 56.5. The monoisotopic (exact) mass is 1180 g/mol. The van der Waals surface area contributed by atoms with Crippen molar-refractivity contribution in [1.29, 1.82) is 0 Å². The normalized spacial score (nSPS) is 19.0. The Bertz CT molecular complexity index is 1690. The largest absolute Gasteiger partial charge is 0.454 e. The topological polar surface area (TPSA) is 175 Å². The van der Waals surface area contributed by atoms with E-state index in [-0.39, 0.29) is 19.4 Å². The summed E-state index contributed by atoms with van der Waals surface area (Å²) in [7, 11) is 0. The summed E-state index contributed by atoms with van der Waals surface area (Å²) in [6.45, 7) is 5.69. The summed E-state index contributed by atoms with van der Waals surface area (Å²) in [6.07, 6.45) is 69.0. The van der Waals surface area contributed by atoms with Crippen LogP contribution in [0.5, 0.6) is 0 Å². The quantitative estimate of drug-likeness (QED) is 0.0195. The Morgan fingerprint density at radius 3 is 1.30 bits per heavy atom. The summed E-state index contributed by atoms with van der Waals surface area (Å²) in [5.74, 6) is -1.20. The third-order valence-corrected chi connectivity index (χ3v) is 16.0. The summed E-state index contributed by atoms with van der Waals surface area (Å²) in [4.78, 5) is 26.7. The number of carbonyl (C=O) groups excluding carboxylic acids is 2. The van der Waals surface area contributed by atoms with Crippen LogP contribution in [0.3, 0.4) is 0 Å². The predicted octanol–water partition coefficient (Wildman–Crippen LogP) is 17.7. The maximum absolute atomic E-state index is 13.5. The van der Waals surface area contributed by atoms with Crippen LogP contribution in [0.1, 0.15) is 303 Å². The molecule has 0 aromatic rings. The van der Waals surface area contributed by atoms with Crippen LogP contribution in [0.4, 0.5) is 0 Å². The molecule has 1 fully saturated rings. The number of nitrogens with one attached hydrogen (secondary N) is 1. The van der Waals surface area contributed by atoms with Gasteiger partial charge in [-0.15, -0.1) is 0 Å². The number of aliphatic hydroxyl groups is 5. The maximum Gasteiger partial charge on any atom is 0.306 e. The number of rotatable bonds is 59. The highest BCUT2D eigenvalue weighted by Gasteiger charge is 2.47. The number of hydrogen-bond acceptors (Lipinski definition) is 10. The second kappa shape index (κ2) is 60.1. The second-order valence-corrected chi connectivity index (χ2v) is 23.9. The molecule has 11 nitrogen and oxygen atoms in total. The zero-order valence-electron chi connectivity index (χ0n) is 54.0. The van der Waals surface area contributed by atoms with Gasteiger partial charge in [-0.05, 0) is 96.3 Å². The zero-order chi connectivity index (χ0) is 61.0. The molecule has 1 amide bonds. The lowest BCUT2D eigenvalue weighted by atomic mass is 9.99. The van der Waals surface area contributed by atoms with Gasteiger partial charge in [0.25, 0.3) is 0 Å². The van der Waals surface area contributed by atoms with E-state index >= 15 is 0 Å². The van der Waals surface area contributed by atoms with Gasteiger partial charge < -0.3 is 45.1 Å². The average Bonchev–Trinajstić information content (AvgIpc) is 3.69. The molecule has 84 heavy (non-hydrogen) atoms. The molecule has 0 aromatic heterocycles. The molecule has 11 heteroatoms. The van der Waals surface area contributed by atoms with Crippen molar-refractivity contribution in [2.45, 2.75) is 352 Å². The number of aliphatic hydroxyl groups excluding tert-OH is 5. The number of esters is 1. The molecule has 1 saturated heterocycles. The van der Waals surface area contributed by atoms with Gasteiger partial charge in [-0.25, -0.2) is 0 Å². The lowest BCUT2D eigenvalue weighted by Crippen LogP contribution is -2.61. The fraction of sp³-hybridized carbons (Fsp3) is 0.781. The van der Waals surface area contributed by atoms with E-state index in [1.54, 1.807) is 6.08 Å². The highest BCUT2D eigenvalue weighted by molar-refractivity contribution is 5.80. The van der Waals surface area contributed by atoms with Gasteiger partial charge in [0.15, 0.2) is 12.4 Å². The third-order valence-electron chi connectivity index (χ3n) is 16.0. The molecule has 8 atom stereocenters. The van der Waals surface area contributed by atoms with Gasteiger partial charge in [0.05, 0.1) is 25.4 Å². The molecular weight excluding hydrogens is 1050 g/mol. The Labute approximate surface area is 514 Å². The summed E-state index contributed by atoms with van der Waals surface area (Å²) >= 11 is 0. The molecule has 0 aliphatic carbocycles. The SMILES string of the molecule is CC/C=C\C/C=C\C/C=C\C/C=C\C/C=C\CCCCCCCCCCCC(=O)OC1C(OCC(NC(=O)C(O)CCCCCCCCCC/C=C/CCCCCCCC)C(O)/C=C/CCCCCCCCCCCC)OC(CO)C(O)C1O. The van der Waals surface area contributed by atoms with Gasteiger partial charge in [-0.2, -0.15) is 0 Å². The Morgan fingerprint density at radius 1 is 0.476 bits per heavy atom. The van der Waals surface area contributed by atoms with E-state index in [0.717, 1.165) is 109 Å². The second-order valence-electron chi connectivity index (χ2n) is 23.9. The number of hydrogen-bond donors (Lipinski definition) is 6. The van der Waals surface area contributed by atoms with E-state index in [1.165, 1.54) is 148 Å². The molecule has 0 bridgehead atoms. The van der Waals surface area contributed by atoms with Crippen molar-refractivity contribution in [3.63, 3.8) is 0 Å². The molecule has 6 N–H and O–H groups in total. The molecule has 1 aliphatic heterocycles. The highest BCUT2D eigenvalue weighted by Crippen LogP contribution is 2.26. The molecule has 1 rings (SSSR count). The Morgan fingerprint density at radius 2 is 0.857 bits per heavy atom. The van der Waals surface area contributed by atoms with Crippen LogP contribution in [0.25, 0.3) is 0 Å². The first kappa shape index (κ1) is 78.9. The number of ether oxygens (including phenoxy) is 3. The lowest BCUT2D eigenvalue weighted by molar-refractivity contribution is -0.305. The minimum Gasteiger partial charge on any atom is -0.454 e. The van der Waals surface area contributed by atoms with Gasteiger partial charge in [0.2, 0.25) is 5.91 Å². The van der Waals surface area contributed by atoms with Gasteiger partial charge in [0, 0.05) is 6.42 Å². The fourth-order valence-corrected chi connectivity index (χ4v) is 10.6. The van der Waals surface area contributed by atoms with Crippen molar-refractivity contribution < 1.29 is 49.3 Å². The molecule has 1 aliphatic rings. The molecule has 0 aromatic carbocycles. The van der Waals surface area contributed by atoms with Gasteiger partial charge in [-0.3, -0.25) is 9.59 Å². The van der Waals surface area contributed by atoms with Crippen LogP contribution in [0.15, 0.2) is 85.1 Å². The van der Waals surface area contributed by atoms with E-state index in [4.69, 9.17) is 14.2 Å². The first-order valence-electron chi connectivity index (χ1n) is 34.9. The smallest absolute Gasteiger partial charge is 0.306 e. The lowest BCUT2D eigenvalue weighted by Gasteiger charge is -2.41. The summed E-state index contributed by atoms with van der Waals surface area (Å²) in [5, 5.41) is 57.2. The number of carbonyl (C=O) groups is 2. The van der Waals surface area contributed by atoms with E-state index in [1.807, 2.05) is 6.08 Å². The number of amides is 1. The molecule has 1 heterocycles. The van der Waals surface area contributed by atoms with E-state index in [9.17, 15) is 35.1 Å². The van der Waals surface area contributed by atoms with Crippen LogP contribution < -0.4 is 5.32 Å².